The molecule has 1 atom stereocenters. The number of nitrogens with zero attached hydrogens (tertiary/aromatic N) is 2. The Balaban J connectivity index is 2.66. The molecule has 1 aromatic heterocycles. The van der Waals surface area contributed by atoms with Crippen LogP contribution < -0.4 is 11.1 Å². The maximum Gasteiger partial charge on any atom is 0.134 e. The van der Waals surface area contributed by atoms with Gasteiger partial charge in [0.1, 0.15) is 18.0 Å². The van der Waals surface area contributed by atoms with Gasteiger partial charge in [-0.05, 0) is 12.3 Å². The van der Waals surface area contributed by atoms with Gasteiger partial charge < -0.3 is 16.2 Å². The van der Waals surface area contributed by atoms with Crippen molar-refractivity contribution in [3.63, 3.8) is 0 Å². The molecule has 0 spiro atoms. The van der Waals surface area contributed by atoms with Gasteiger partial charge in [-0.25, -0.2) is 9.97 Å². The van der Waals surface area contributed by atoms with Gasteiger partial charge in [-0.3, -0.25) is 0 Å². The highest BCUT2D eigenvalue weighted by atomic mass is 16.3. The van der Waals surface area contributed by atoms with E-state index in [2.05, 4.69) is 29.1 Å². The molecule has 18 heavy (non-hydrogen) atoms. The quantitative estimate of drug-likeness (QED) is 0.689. The molecule has 5 heteroatoms. The molecule has 0 aliphatic heterocycles. The van der Waals surface area contributed by atoms with Crippen LogP contribution in [-0.4, -0.2) is 27.7 Å². The number of hydrogen-bond acceptors (Lipinski definition) is 5. The van der Waals surface area contributed by atoms with Crippen molar-refractivity contribution in [1.82, 2.24) is 9.97 Å². The summed E-state index contributed by atoms with van der Waals surface area (Å²) in [4.78, 5) is 8.15. The van der Waals surface area contributed by atoms with Crippen molar-refractivity contribution < 1.29 is 5.11 Å². The van der Waals surface area contributed by atoms with Gasteiger partial charge in [-0.2, -0.15) is 0 Å². The largest absolute Gasteiger partial charge is 0.391 e. The van der Waals surface area contributed by atoms with Gasteiger partial charge in [-0.1, -0.05) is 33.6 Å². The number of nitrogens with two attached hydrogens (primary N) is 1. The Kier molecular flexibility index (Phi) is 5.85. The fourth-order valence-corrected chi connectivity index (χ4v) is 2.13. The number of anilines is 2. The summed E-state index contributed by atoms with van der Waals surface area (Å²) in [5.74, 6) is 1.56. The molecule has 0 bridgehead atoms. The van der Waals surface area contributed by atoms with Crippen LogP contribution in [0.4, 0.5) is 11.6 Å². The highest BCUT2D eigenvalue weighted by Gasteiger charge is 2.16. The third-order valence-corrected chi connectivity index (χ3v) is 3.40. The van der Waals surface area contributed by atoms with Crippen LogP contribution in [0, 0.1) is 5.92 Å². The highest BCUT2D eigenvalue weighted by molar-refractivity contribution is 5.54. The fourth-order valence-electron chi connectivity index (χ4n) is 2.13. The van der Waals surface area contributed by atoms with Gasteiger partial charge >= 0.3 is 0 Å². The average molecular weight is 252 g/mol. The smallest absolute Gasteiger partial charge is 0.134 e. The van der Waals surface area contributed by atoms with E-state index in [4.69, 9.17) is 5.73 Å². The molecule has 1 aromatic rings. The summed E-state index contributed by atoms with van der Waals surface area (Å²) in [5, 5.41) is 13.2. The maximum atomic E-state index is 10.1. The van der Waals surface area contributed by atoms with E-state index in [9.17, 15) is 5.11 Å². The minimum atomic E-state index is -0.360. The molecule has 102 valence electrons. The van der Waals surface area contributed by atoms with E-state index in [-0.39, 0.29) is 6.10 Å². The third kappa shape index (κ3) is 3.57. The first-order valence-corrected chi connectivity index (χ1v) is 6.65. The van der Waals surface area contributed by atoms with E-state index < -0.39 is 0 Å². The summed E-state index contributed by atoms with van der Waals surface area (Å²) in [6.07, 6.45) is 3.81. The van der Waals surface area contributed by atoms with Gasteiger partial charge in [0.05, 0.1) is 6.10 Å². The Labute approximate surface area is 109 Å². The molecular weight excluding hydrogens is 228 g/mol. The molecule has 5 nitrogen and oxygen atoms in total. The maximum absolute atomic E-state index is 10.1. The molecule has 1 rings (SSSR count). The van der Waals surface area contributed by atoms with Crippen LogP contribution in [0.3, 0.4) is 0 Å². The Morgan fingerprint density at radius 3 is 2.50 bits per heavy atom. The second-order valence-corrected chi connectivity index (χ2v) is 4.46. The first-order valence-electron chi connectivity index (χ1n) is 6.65. The van der Waals surface area contributed by atoms with Gasteiger partial charge in [0.25, 0.3) is 0 Å². The molecule has 1 unspecified atom stereocenters. The number of hydrogen-bond donors (Lipinski definition) is 3. The average Bonchev–Trinajstić information content (AvgIpc) is 2.37. The van der Waals surface area contributed by atoms with E-state index in [1.807, 2.05) is 6.92 Å². The zero-order chi connectivity index (χ0) is 13.5. The van der Waals surface area contributed by atoms with E-state index in [0.29, 0.717) is 18.3 Å². The Morgan fingerprint density at radius 1 is 1.28 bits per heavy atom. The number of aliphatic hydroxyl groups is 1. The van der Waals surface area contributed by atoms with Gasteiger partial charge in [0.2, 0.25) is 0 Å². The predicted molar refractivity (Wildman–Crippen MR) is 74.4 cm³/mol. The molecule has 0 radical (unpaired) electrons. The monoisotopic (exact) mass is 252 g/mol. The summed E-state index contributed by atoms with van der Waals surface area (Å²) < 4.78 is 0. The van der Waals surface area contributed by atoms with Crippen molar-refractivity contribution in [2.24, 2.45) is 5.92 Å². The van der Waals surface area contributed by atoms with E-state index in [1.54, 1.807) is 0 Å². The Morgan fingerprint density at radius 2 is 1.94 bits per heavy atom. The molecule has 4 N–H and O–H groups in total. The topological polar surface area (TPSA) is 84.1 Å². The number of nitrogens with one attached hydrogen (secondary N) is 1. The summed E-state index contributed by atoms with van der Waals surface area (Å²) in [6.45, 7) is 6.70. The summed E-state index contributed by atoms with van der Waals surface area (Å²) in [7, 11) is 0. The third-order valence-electron chi connectivity index (χ3n) is 3.40. The van der Waals surface area contributed by atoms with Crippen LogP contribution in [0.5, 0.6) is 0 Å². The lowest BCUT2D eigenvalue weighted by atomic mass is 9.96. The van der Waals surface area contributed by atoms with Crippen molar-refractivity contribution in [3.05, 3.63) is 11.9 Å². The summed E-state index contributed by atoms with van der Waals surface area (Å²) in [5.41, 5.74) is 6.71. The van der Waals surface area contributed by atoms with Crippen molar-refractivity contribution in [3.8, 4) is 0 Å². The lowest BCUT2D eigenvalue weighted by Gasteiger charge is -2.21. The van der Waals surface area contributed by atoms with Crippen molar-refractivity contribution in [1.29, 1.82) is 0 Å². The van der Waals surface area contributed by atoms with Crippen LogP contribution >= 0.6 is 0 Å². The van der Waals surface area contributed by atoms with E-state index >= 15 is 0 Å². The standard InChI is InChI=1S/C13H24N4O/c1-4-9(5-2)11(18)7-15-13-10(6-3)12(14)16-8-17-13/h8-9,11,18H,4-7H2,1-3H3,(H3,14,15,16,17). The van der Waals surface area contributed by atoms with Gasteiger partial charge in [0.15, 0.2) is 0 Å². The Hall–Kier alpha value is -1.36. The Bertz CT molecular complexity index is 366. The fraction of sp³-hybridized carbons (Fsp3) is 0.692. The van der Waals surface area contributed by atoms with Gasteiger partial charge in [-0.15, -0.1) is 0 Å². The van der Waals surface area contributed by atoms with Crippen LogP contribution in [0.2, 0.25) is 0 Å². The first-order chi connectivity index (χ1) is 8.63. The zero-order valence-corrected chi connectivity index (χ0v) is 11.5. The van der Waals surface area contributed by atoms with Crippen LogP contribution in [0.1, 0.15) is 39.2 Å². The molecule has 0 aromatic carbocycles. The molecule has 0 saturated heterocycles. The molecule has 0 saturated carbocycles. The lowest BCUT2D eigenvalue weighted by molar-refractivity contribution is 0.114. The minimum Gasteiger partial charge on any atom is -0.391 e. The normalized spacial score (nSPS) is 12.7. The number of aliphatic hydroxyl groups excluding tert-OH is 1. The first kappa shape index (κ1) is 14.7. The van der Waals surface area contributed by atoms with Crippen LogP contribution in [-0.2, 0) is 6.42 Å². The number of aromatic nitrogens is 2. The summed E-state index contributed by atoms with van der Waals surface area (Å²) >= 11 is 0. The summed E-state index contributed by atoms with van der Waals surface area (Å²) in [6, 6.07) is 0. The number of rotatable bonds is 7. The zero-order valence-electron chi connectivity index (χ0n) is 11.5. The predicted octanol–water partition coefficient (Wildman–Crippen LogP) is 1.83. The molecule has 0 amide bonds. The highest BCUT2D eigenvalue weighted by Crippen LogP contribution is 2.19. The van der Waals surface area contributed by atoms with Crippen LogP contribution in [0.25, 0.3) is 0 Å². The molecular formula is C13H24N4O. The van der Waals surface area contributed by atoms with Crippen LogP contribution in [0.15, 0.2) is 6.33 Å². The molecule has 1 heterocycles. The lowest BCUT2D eigenvalue weighted by Crippen LogP contribution is -2.28. The second kappa shape index (κ2) is 7.16. The molecule has 0 aliphatic rings. The second-order valence-electron chi connectivity index (χ2n) is 4.46. The van der Waals surface area contributed by atoms with E-state index in [1.165, 1.54) is 6.33 Å². The minimum absolute atomic E-state index is 0.321. The molecule has 0 fully saturated rings. The van der Waals surface area contributed by atoms with Crippen molar-refractivity contribution in [2.45, 2.75) is 46.1 Å². The van der Waals surface area contributed by atoms with E-state index in [0.717, 1.165) is 30.6 Å². The molecule has 0 aliphatic carbocycles. The van der Waals surface area contributed by atoms with Crippen molar-refractivity contribution in [2.75, 3.05) is 17.6 Å². The number of nitrogen functional groups attached to an aromatic ring is 1. The van der Waals surface area contributed by atoms with Gasteiger partial charge in [0, 0.05) is 12.1 Å². The SMILES string of the molecule is CCc1c(N)ncnc1NCC(O)C(CC)CC. The van der Waals surface area contributed by atoms with Crippen molar-refractivity contribution >= 4 is 11.6 Å².